The Labute approximate surface area is 114 Å². The molecule has 19 heavy (non-hydrogen) atoms. The molecule has 1 aromatic carbocycles. The fraction of sp³-hybridized carbons (Fsp3) is 0.250. The van der Waals surface area contributed by atoms with Crippen molar-refractivity contribution in [1.29, 1.82) is 0 Å². The van der Waals surface area contributed by atoms with Crippen LogP contribution in [0.3, 0.4) is 0 Å². The minimum absolute atomic E-state index is 0.719. The molecule has 0 atom stereocenters. The van der Waals surface area contributed by atoms with Crippen molar-refractivity contribution in [2.75, 3.05) is 0 Å². The van der Waals surface area contributed by atoms with Crippen LogP contribution in [0.25, 0.3) is 10.9 Å². The van der Waals surface area contributed by atoms with E-state index in [1.807, 2.05) is 25.1 Å². The van der Waals surface area contributed by atoms with E-state index in [1.165, 1.54) is 0 Å². The van der Waals surface area contributed by atoms with Crippen LogP contribution in [0.15, 0.2) is 35.4 Å². The number of benzene rings is 1. The van der Waals surface area contributed by atoms with Crippen molar-refractivity contribution in [3.8, 4) is 0 Å². The van der Waals surface area contributed by atoms with E-state index in [9.17, 15) is 0 Å². The Morgan fingerprint density at radius 3 is 3.00 bits per heavy atom. The highest BCUT2D eigenvalue weighted by atomic mass is 32.2. The Kier molecular flexibility index (Phi) is 3.37. The van der Waals surface area contributed by atoms with E-state index in [1.54, 1.807) is 22.6 Å². The predicted octanol–water partition coefficient (Wildman–Crippen LogP) is 1.93. The first-order chi connectivity index (χ1) is 9.38. The lowest BCUT2D eigenvalue weighted by Crippen LogP contribution is -2.02. The minimum Gasteiger partial charge on any atom is -0.229 e. The number of aromatic nitrogens is 6. The zero-order valence-corrected chi connectivity index (χ0v) is 11.2. The van der Waals surface area contributed by atoms with Crippen LogP contribution in [0.2, 0.25) is 0 Å². The van der Waals surface area contributed by atoms with Gasteiger partial charge < -0.3 is 0 Å². The first kappa shape index (κ1) is 12.0. The molecule has 0 bridgehead atoms. The van der Waals surface area contributed by atoms with E-state index in [0.717, 1.165) is 33.9 Å². The number of nitrogens with zero attached hydrogens (tertiary/aromatic N) is 6. The standard InChI is InChI=1S/C12H12N6S/c1-2-18-12(15-16-17-18)8-19-11-7-13-14-10-6-4-3-5-9(10)11/h3-7H,2,8H2,1H3. The molecule has 3 aromatic rings. The highest BCUT2D eigenvalue weighted by Gasteiger charge is 2.07. The second-order valence-electron chi connectivity index (χ2n) is 3.93. The van der Waals surface area contributed by atoms with Crippen LogP contribution in [-0.4, -0.2) is 30.4 Å². The SMILES string of the molecule is CCn1nnnc1CSc1cnnc2ccccc12. The van der Waals surface area contributed by atoms with Gasteiger partial charge in [-0.2, -0.15) is 10.2 Å². The van der Waals surface area contributed by atoms with Gasteiger partial charge in [0.25, 0.3) is 0 Å². The molecule has 0 radical (unpaired) electrons. The van der Waals surface area contributed by atoms with Gasteiger partial charge in [0.15, 0.2) is 5.82 Å². The summed E-state index contributed by atoms with van der Waals surface area (Å²) >= 11 is 1.67. The second kappa shape index (κ2) is 5.31. The van der Waals surface area contributed by atoms with E-state index in [-0.39, 0.29) is 0 Å². The molecule has 0 saturated heterocycles. The van der Waals surface area contributed by atoms with Crippen molar-refractivity contribution in [2.24, 2.45) is 0 Å². The summed E-state index contributed by atoms with van der Waals surface area (Å²) in [5.74, 6) is 1.59. The number of fused-ring (bicyclic) bond motifs is 1. The van der Waals surface area contributed by atoms with Gasteiger partial charge in [-0.25, -0.2) is 4.68 Å². The average molecular weight is 272 g/mol. The van der Waals surface area contributed by atoms with Gasteiger partial charge in [0, 0.05) is 16.8 Å². The van der Waals surface area contributed by atoms with Gasteiger partial charge in [0.2, 0.25) is 0 Å². The van der Waals surface area contributed by atoms with Crippen LogP contribution in [-0.2, 0) is 12.3 Å². The summed E-state index contributed by atoms with van der Waals surface area (Å²) in [6, 6.07) is 7.98. The van der Waals surface area contributed by atoms with Crippen LogP contribution in [0.1, 0.15) is 12.7 Å². The van der Waals surface area contributed by atoms with E-state index in [2.05, 4.69) is 31.8 Å². The molecule has 2 heterocycles. The predicted molar refractivity (Wildman–Crippen MR) is 72.6 cm³/mol. The van der Waals surface area contributed by atoms with Crippen molar-refractivity contribution in [2.45, 2.75) is 24.1 Å². The second-order valence-corrected chi connectivity index (χ2v) is 4.94. The molecular formula is C12H12N6S. The Hall–Kier alpha value is -2.02. The van der Waals surface area contributed by atoms with Crippen molar-refractivity contribution in [1.82, 2.24) is 30.4 Å². The highest BCUT2D eigenvalue weighted by Crippen LogP contribution is 2.27. The van der Waals surface area contributed by atoms with E-state index < -0.39 is 0 Å². The first-order valence-electron chi connectivity index (χ1n) is 5.96. The molecule has 0 amide bonds. The lowest BCUT2D eigenvalue weighted by molar-refractivity contribution is 0.609. The molecular weight excluding hydrogens is 260 g/mol. The number of hydrogen-bond acceptors (Lipinski definition) is 6. The molecule has 0 N–H and O–H groups in total. The van der Waals surface area contributed by atoms with Crippen LogP contribution < -0.4 is 0 Å². The third-order valence-electron chi connectivity index (χ3n) is 2.77. The Morgan fingerprint density at radius 1 is 1.21 bits per heavy atom. The average Bonchev–Trinajstić information content (AvgIpc) is 2.92. The molecule has 0 fully saturated rings. The lowest BCUT2D eigenvalue weighted by atomic mass is 10.2. The maximum atomic E-state index is 4.11. The molecule has 0 aliphatic carbocycles. The van der Waals surface area contributed by atoms with Gasteiger partial charge in [-0.3, -0.25) is 0 Å². The van der Waals surface area contributed by atoms with Gasteiger partial charge >= 0.3 is 0 Å². The molecule has 0 saturated carbocycles. The Morgan fingerprint density at radius 2 is 2.11 bits per heavy atom. The van der Waals surface area contributed by atoms with Crippen molar-refractivity contribution < 1.29 is 0 Å². The van der Waals surface area contributed by atoms with E-state index >= 15 is 0 Å². The molecule has 0 aliphatic heterocycles. The van der Waals surface area contributed by atoms with Gasteiger partial charge in [0.05, 0.1) is 17.5 Å². The number of rotatable bonds is 4. The van der Waals surface area contributed by atoms with Crippen LogP contribution in [0.4, 0.5) is 0 Å². The summed E-state index contributed by atoms with van der Waals surface area (Å²) in [7, 11) is 0. The molecule has 96 valence electrons. The molecule has 6 nitrogen and oxygen atoms in total. The van der Waals surface area contributed by atoms with Crippen molar-refractivity contribution in [3.05, 3.63) is 36.3 Å². The fourth-order valence-corrected chi connectivity index (χ4v) is 2.75. The largest absolute Gasteiger partial charge is 0.229 e. The fourth-order valence-electron chi connectivity index (χ4n) is 1.81. The van der Waals surface area contributed by atoms with E-state index in [4.69, 9.17) is 0 Å². The maximum Gasteiger partial charge on any atom is 0.161 e. The summed E-state index contributed by atoms with van der Waals surface area (Å²) < 4.78 is 1.80. The molecule has 0 unspecified atom stereocenters. The summed E-state index contributed by atoms with van der Waals surface area (Å²) in [4.78, 5) is 1.09. The third-order valence-corrected chi connectivity index (χ3v) is 3.81. The summed E-state index contributed by atoms with van der Waals surface area (Å²) in [6.07, 6.45) is 1.78. The van der Waals surface area contributed by atoms with Crippen molar-refractivity contribution >= 4 is 22.7 Å². The van der Waals surface area contributed by atoms with Crippen LogP contribution in [0.5, 0.6) is 0 Å². The number of aryl methyl sites for hydroxylation is 1. The number of tetrazole rings is 1. The van der Waals surface area contributed by atoms with Gasteiger partial charge in [0.1, 0.15) is 0 Å². The molecule has 0 aliphatic rings. The maximum absolute atomic E-state index is 4.11. The molecule has 7 heteroatoms. The zero-order valence-electron chi connectivity index (χ0n) is 10.4. The molecule has 2 aromatic heterocycles. The van der Waals surface area contributed by atoms with Crippen LogP contribution >= 0.6 is 11.8 Å². The zero-order chi connectivity index (χ0) is 13.1. The monoisotopic (exact) mass is 272 g/mol. The van der Waals surface area contributed by atoms with Gasteiger partial charge in [-0.15, -0.1) is 16.9 Å². The Balaban J connectivity index is 1.86. The normalized spacial score (nSPS) is 11.0. The number of hydrogen-bond donors (Lipinski definition) is 0. The lowest BCUT2D eigenvalue weighted by Gasteiger charge is -2.04. The quantitative estimate of drug-likeness (QED) is 0.676. The number of thioether (sulfide) groups is 1. The summed E-state index contributed by atoms with van der Waals surface area (Å²) in [6.45, 7) is 2.80. The Bertz CT molecular complexity index is 690. The topological polar surface area (TPSA) is 69.4 Å². The first-order valence-corrected chi connectivity index (χ1v) is 6.95. The van der Waals surface area contributed by atoms with Crippen molar-refractivity contribution in [3.63, 3.8) is 0 Å². The third kappa shape index (κ3) is 2.41. The van der Waals surface area contributed by atoms with Gasteiger partial charge in [-0.05, 0) is 23.4 Å². The smallest absolute Gasteiger partial charge is 0.161 e. The highest BCUT2D eigenvalue weighted by molar-refractivity contribution is 7.98. The molecule has 3 rings (SSSR count). The van der Waals surface area contributed by atoms with Gasteiger partial charge in [-0.1, -0.05) is 18.2 Å². The minimum atomic E-state index is 0.719. The summed E-state index contributed by atoms with van der Waals surface area (Å²) in [5.41, 5.74) is 0.905. The molecule has 0 spiro atoms. The van der Waals surface area contributed by atoms with E-state index in [0.29, 0.717) is 0 Å². The van der Waals surface area contributed by atoms with Crippen LogP contribution in [0, 0.1) is 0 Å². The summed E-state index contributed by atoms with van der Waals surface area (Å²) in [5, 5.41) is 20.9.